The Bertz CT molecular complexity index is 1190. The van der Waals surface area contributed by atoms with E-state index in [1.807, 2.05) is 6.08 Å². The fraction of sp³-hybridized carbons (Fsp3) is 0.625. The first-order valence-corrected chi connectivity index (χ1v) is 15.1. The lowest BCUT2D eigenvalue weighted by Crippen LogP contribution is -2.58. The van der Waals surface area contributed by atoms with E-state index in [4.69, 9.17) is 0 Å². The van der Waals surface area contributed by atoms with Crippen molar-refractivity contribution in [2.45, 2.75) is 101 Å². The maximum absolute atomic E-state index is 14.4. The summed E-state index contributed by atoms with van der Waals surface area (Å²) in [5.41, 5.74) is 4.06. The third kappa shape index (κ3) is 4.70. The minimum atomic E-state index is -0.184. The van der Waals surface area contributed by atoms with Gasteiger partial charge < -0.3 is 9.88 Å². The van der Waals surface area contributed by atoms with Crippen molar-refractivity contribution in [2.75, 3.05) is 13.1 Å². The van der Waals surface area contributed by atoms with E-state index in [0.717, 1.165) is 70.8 Å². The molecule has 0 spiro atoms. The molecule has 2 unspecified atom stereocenters. The van der Waals surface area contributed by atoms with E-state index in [1.54, 1.807) is 4.90 Å². The molecule has 3 aliphatic carbocycles. The van der Waals surface area contributed by atoms with Crippen LogP contribution in [0, 0.1) is 5.92 Å². The Morgan fingerprint density at radius 1 is 1.08 bits per heavy atom. The van der Waals surface area contributed by atoms with Gasteiger partial charge in [0.05, 0.1) is 5.92 Å². The monoisotopic (exact) mass is 516 g/mol. The second-order valence-electron chi connectivity index (χ2n) is 12.3. The van der Waals surface area contributed by atoms with E-state index in [2.05, 4.69) is 52.8 Å². The SMILES string of the molecule is C=CCN1CC(C(=O)N(C(=O)NC2CCCCC2)C2CCCCC2)CC2c3cccc4c3c(cn4C)C[C@H]21. The zero-order valence-corrected chi connectivity index (χ0v) is 23.0. The Morgan fingerprint density at radius 2 is 1.82 bits per heavy atom. The molecule has 3 amide bonds. The number of hydrogen-bond acceptors (Lipinski definition) is 3. The highest BCUT2D eigenvalue weighted by Gasteiger charge is 2.45. The number of carbonyl (C=O) groups excluding carboxylic acids is 2. The highest BCUT2D eigenvalue weighted by atomic mass is 16.2. The van der Waals surface area contributed by atoms with Crippen molar-refractivity contribution in [1.29, 1.82) is 0 Å². The molecule has 3 fully saturated rings. The van der Waals surface area contributed by atoms with Crippen LogP contribution >= 0.6 is 0 Å². The normalized spacial score (nSPS) is 26.6. The molecular weight excluding hydrogens is 472 g/mol. The Hall–Kier alpha value is -2.60. The van der Waals surface area contributed by atoms with Crippen LogP contribution < -0.4 is 5.32 Å². The number of nitrogens with zero attached hydrogens (tertiary/aromatic N) is 3. The maximum Gasteiger partial charge on any atom is 0.324 e. The molecule has 6 rings (SSSR count). The third-order valence-electron chi connectivity index (χ3n) is 9.92. The van der Waals surface area contributed by atoms with E-state index < -0.39 is 0 Å². The van der Waals surface area contributed by atoms with Crippen LogP contribution in [0.1, 0.15) is 87.7 Å². The number of amides is 3. The van der Waals surface area contributed by atoms with E-state index in [9.17, 15) is 9.59 Å². The largest absolute Gasteiger partial charge is 0.350 e. The number of hydrogen-bond donors (Lipinski definition) is 1. The first kappa shape index (κ1) is 25.7. The van der Waals surface area contributed by atoms with Crippen molar-refractivity contribution in [3.05, 3.63) is 48.2 Å². The van der Waals surface area contributed by atoms with Crippen LogP contribution in [0.3, 0.4) is 0 Å². The fourth-order valence-corrected chi connectivity index (χ4v) is 8.10. The van der Waals surface area contributed by atoms with Crippen LogP contribution in [0.2, 0.25) is 0 Å². The number of nitrogens with one attached hydrogen (secondary N) is 1. The first-order valence-electron chi connectivity index (χ1n) is 15.1. The molecule has 0 bridgehead atoms. The van der Waals surface area contributed by atoms with Crippen LogP contribution in [0.4, 0.5) is 4.79 Å². The number of aromatic nitrogens is 1. The summed E-state index contributed by atoms with van der Waals surface area (Å²) in [5.74, 6) is 0.144. The number of likely N-dealkylation sites (tertiary alicyclic amines) is 1. The molecule has 1 aromatic heterocycles. The van der Waals surface area contributed by atoms with Gasteiger partial charge >= 0.3 is 6.03 Å². The molecule has 204 valence electrons. The summed E-state index contributed by atoms with van der Waals surface area (Å²) >= 11 is 0. The Morgan fingerprint density at radius 3 is 2.55 bits per heavy atom. The lowest BCUT2D eigenvalue weighted by molar-refractivity contribution is -0.137. The lowest BCUT2D eigenvalue weighted by atomic mass is 9.72. The number of piperidine rings is 1. The number of aryl methyl sites for hydroxylation is 1. The molecule has 0 radical (unpaired) electrons. The molecule has 3 atom stereocenters. The summed E-state index contributed by atoms with van der Waals surface area (Å²) in [6.45, 7) is 5.51. The van der Waals surface area contributed by atoms with E-state index in [-0.39, 0.29) is 35.9 Å². The molecule has 1 saturated heterocycles. The van der Waals surface area contributed by atoms with Gasteiger partial charge in [-0.1, -0.05) is 56.7 Å². The molecule has 6 heteroatoms. The first-order chi connectivity index (χ1) is 18.5. The second-order valence-corrected chi connectivity index (χ2v) is 12.3. The van der Waals surface area contributed by atoms with Gasteiger partial charge in [-0.3, -0.25) is 14.6 Å². The Balaban J connectivity index is 1.30. The minimum absolute atomic E-state index is 0.0286. The summed E-state index contributed by atoms with van der Waals surface area (Å²) in [7, 11) is 2.13. The average Bonchev–Trinajstić information content (AvgIpc) is 3.26. The molecule has 2 heterocycles. The van der Waals surface area contributed by atoms with Crippen molar-refractivity contribution in [3.8, 4) is 0 Å². The molecule has 4 aliphatic rings. The molecule has 6 nitrogen and oxygen atoms in total. The summed E-state index contributed by atoms with van der Waals surface area (Å²) in [4.78, 5) is 32.3. The van der Waals surface area contributed by atoms with E-state index in [1.165, 1.54) is 34.9 Å². The van der Waals surface area contributed by atoms with Gasteiger partial charge in [-0.15, -0.1) is 6.58 Å². The Labute approximate surface area is 227 Å². The average molecular weight is 517 g/mol. The highest BCUT2D eigenvalue weighted by molar-refractivity contribution is 5.96. The minimum Gasteiger partial charge on any atom is -0.350 e. The molecule has 1 aromatic carbocycles. The fourth-order valence-electron chi connectivity index (χ4n) is 8.10. The number of fused-ring (bicyclic) bond motifs is 2. The zero-order valence-electron chi connectivity index (χ0n) is 23.0. The van der Waals surface area contributed by atoms with Gasteiger partial charge in [0.15, 0.2) is 0 Å². The predicted octanol–water partition coefficient (Wildman–Crippen LogP) is 5.90. The molecule has 38 heavy (non-hydrogen) atoms. The molecule has 2 aromatic rings. The highest BCUT2D eigenvalue weighted by Crippen LogP contribution is 2.45. The maximum atomic E-state index is 14.4. The lowest BCUT2D eigenvalue weighted by Gasteiger charge is -2.47. The van der Waals surface area contributed by atoms with Gasteiger partial charge in [0.2, 0.25) is 5.91 Å². The number of rotatable bonds is 5. The van der Waals surface area contributed by atoms with Gasteiger partial charge in [0.1, 0.15) is 0 Å². The number of carbonyl (C=O) groups is 2. The number of benzene rings is 1. The number of urea groups is 1. The van der Waals surface area contributed by atoms with Crippen LogP contribution in [-0.4, -0.2) is 57.5 Å². The van der Waals surface area contributed by atoms with Crippen molar-refractivity contribution >= 4 is 22.8 Å². The number of imide groups is 1. The van der Waals surface area contributed by atoms with Crippen LogP contribution in [0.25, 0.3) is 10.9 Å². The molecule has 1 N–H and O–H groups in total. The topological polar surface area (TPSA) is 57.6 Å². The quantitative estimate of drug-likeness (QED) is 0.504. The summed E-state index contributed by atoms with van der Waals surface area (Å²) in [6, 6.07) is 7.10. The van der Waals surface area contributed by atoms with Crippen molar-refractivity contribution in [3.63, 3.8) is 0 Å². The van der Waals surface area contributed by atoms with Crippen molar-refractivity contribution in [2.24, 2.45) is 13.0 Å². The van der Waals surface area contributed by atoms with Crippen molar-refractivity contribution < 1.29 is 9.59 Å². The standard InChI is InChI=1S/C32H44N4O2/c1-3-17-35-21-23(18-27-26-15-10-16-28-30(26)22(19-29(27)35)20-34(28)2)31(37)36(25-13-8-5-9-14-25)32(38)33-24-11-6-4-7-12-24/h3,10,15-16,20,23-25,27,29H,1,4-9,11-14,17-19,21H2,2H3,(H,33,38)/t23?,27?,29-/m1/s1. The molecule has 1 aliphatic heterocycles. The summed E-state index contributed by atoms with van der Waals surface area (Å²) in [6.07, 6.45) is 17.0. The van der Waals surface area contributed by atoms with Gasteiger partial charge in [0.25, 0.3) is 0 Å². The zero-order chi connectivity index (χ0) is 26.2. The molecule has 2 saturated carbocycles. The van der Waals surface area contributed by atoms with Gasteiger partial charge in [-0.25, -0.2) is 4.79 Å². The van der Waals surface area contributed by atoms with Crippen molar-refractivity contribution in [1.82, 2.24) is 19.7 Å². The van der Waals surface area contributed by atoms with E-state index >= 15 is 0 Å². The van der Waals surface area contributed by atoms with Crippen LogP contribution in [0.5, 0.6) is 0 Å². The van der Waals surface area contributed by atoms with Gasteiger partial charge in [-0.2, -0.15) is 0 Å². The molecular formula is C32H44N4O2. The van der Waals surface area contributed by atoms with Gasteiger partial charge in [-0.05, 0) is 55.7 Å². The summed E-state index contributed by atoms with van der Waals surface area (Å²) < 4.78 is 2.24. The smallest absolute Gasteiger partial charge is 0.324 e. The van der Waals surface area contributed by atoms with E-state index in [0.29, 0.717) is 12.6 Å². The van der Waals surface area contributed by atoms with Gasteiger partial charge in [0, 0.05) is 61.3 Å². The summed E-state index contributed by atoms with van der Waals surface area (Å²) in [5, 5.41) is 4.67. The second kappa shape index (κ2) is 10.9. The van der Waals surface area contributed by atoms with Crippen LogP contribution in [-0.2, 0) is 18.3 Å². The Kier molecular flexibility index (Phi) is 7.35. The van der Waals surface area contributed by atoms with Crippen LogP contribution in [0.15, 0.2) is 37.1 Å². The predicted molar refractivity (Wildman–Crippen MR) is 152 cm³/mol. The third-order valence-corrected chi connectivity index (χ3v) is 9.92.